The van der Waals surface area contributed by atoms with E-state index in [0.29, 0.717) is 0 Å². The largest absolute Gasteiger partial charge is 0.369 e. The van der Waals surface area contributed by atoms with Gasteiger partial charge in [-0.2, -0.15) is 0 Å². The molecule has 1 aliphatic rings. The zero-order valence-corrected chi connectivity index (χ0v) is 17.8. The number of rotatable bonds is 14. The Bertz CT molecular complexity index is 390. The van der Waals surface area contributed by atoms with Crippen LogP contribution in [0.4, 0.5) is 0 Å². The first-order valence-electron chi connectivity index (χ1n) is 10.7. The van der Waals surface area contributed by atoms with E-state index in [4.69, 9.17) is 4.74 Å². The molecule has 0 atom stereocenters. The third-order valence-electron chi connectivity index (χ3n) is 4.77. The lowest BCUT2D eigenvalue weighted by Gasteiger charge is -2.12. The molecule has 0 spiro atoms. The standard InChI is InChI=1S/C19H36N2O3.C2H6.2H2/c1-4-19(11-12-19)18(23)21-14-10-8-6-5-7-9-13-20-17(22)15-24-16(2)3;1-2;;/h16H,4-15H2,1-3H3,(H,20,22)(H,21,23);1-2H3;2*1H. The molecule has 1 fully saturated rings. The smallest absolute Gasteiger partial charge is 0.246 e. The summed E-state index contributed by atoms with van der Waals surface area (Å²) in [6.45, 7) is 11.6. The van der Waals surface area contributed by atoms with Gasteiger partial charge in [0, 0.05) is 21.4 Å². The van der Waals surface area contributed by atoms with Gasteiger partial charge in [-0.15, -0.1) is 0 Å². The Balaban J connectivity index is -0.00000151. The van der Waals surface area contributed by atoms with Gasteiger partial charge < -0.3 is 15.4 Å². The maximum atomic E-state index is 11.9. The number of unbranched alkanes of at least 4 members (excludes halogenated alkanes) is 5. The second kappa shape index (κ2) is 15.0. The molecule has 158 valence electrons. The monoisotopic (exact) mass is 374 g/mol. The third-order valence-corrected chi connectivity index (χ3v) is 4.77. The number of hydrogen-bond donors (Lipinski definition) is 2. The predicted molar refractivity (Wildman–Crippen MR) is 112 cm³/mol. The summed E-state index contributed by atoms with van der Waals surface area (Å²) in [4.78, 5) is 23.4. The highest BCUT2D eigenvalue weighted by Crippen LogP contribution is 2.48. The molecule has 0 aliphatic heterocycles. The molecular weight excluding hydrogens is 328 g/mol. The third kappa shape index (κ3) is 11.5. The zero-order chi connectivity index (χ0) is 19.8. The van der Waals surface area contributed by atoms with Gasteiger partial charge in [0.15, 0.2) is 0 Å². The van der Waals surface area contributed by atoms with Gasteiger partial charge in [-0.1, -0.05) is 46.5 Å². The van der Waals surface area contributed by atoms with Crippen molar-refractivity contribution in [2.45, 2.75) is 98.5 Å². The van der Waals surface area contributed by atoms with Gasteiger partial charge in [0.2, 0.25) is 11.8 Å². The van der Waals surface area contributed by atoms with E-state index in [2.05, 4.69) is 17.6 Å². The maximum Gasteiger partial charge on any atom is 0.246 e. The minimum absolute atomic E-state index is 0. The molecule has 0 saturated heterocycles. The van der Waals surface area contributed by atoms with E-state index in [0.717, 1.165) is 58.0 Å². The molecule has 0 unspecified atom stereocenters. The second-order valence-corrected chi connectivity index (χ2v) is 7.22. The first-order chi connectivity index (χ1) is 12.5. The molecule has 0 heterocycles. The fourth-order valence-corrected chi connectivity index (χ4v) is 2.76. The summed E-state index contributed by atoms with van der Waals surface area (Å²) in [6, 6.07) is 0. The molecule has 0 bridgehead atoms. The van der Waals surface area contributed by atoms with Crippen molar-refractivity contribution >= 4 is 11.8 Å². The minimum Gasteiger partial charge on any atom is -0.369 e. The van der Waals surface area contributed by atoms with Crippen LogP contribution in [0.15, 0.2) is 0 Å². The number of ether oxygens (including phenoxy) is 1. The minimum atomic E-state index is -0.0278. The Morgan fingerprint density at radius 1 is 0.962 bits per heavy atom. The van der Waals surface area contributed by atoms with Gasteiger partial charge in [0.05, 0.1) is 6.10 Å². The van der Waals surface area contributed by atoms with Gasteiger partial charge in [-0.3, -0.25) is 9.59 Å². The van der Waals surface area contributed by atoms with Crippen LogP contribution in [0.3, 0.4) is 0 Å². The topological polar surface area (TPSA) is 67.4 Å². The number of amides is 2. The molecule has 2 N–H and O–H groups in total. The Kier molecular flexibility index (Phi) is 14.4. The average molecular weight is 375 g/mol. The van der Waals surface area contributed by atoms with Gasteiger partial charge >= 0.3 is 0 Å². The van der Waals surface area contributed by atoms with Gasteiger partial charge in [0.25, 0.3) is 0 Å². The van der Waals surface area contributed by atoms with Crippen molar-refractivity contribution in [1.29, 1.82) is 0 Å². The van der Waals surface area contributed by atoms with Crippen LogP contribution in [0.2, 0.25) is 0 Å². The van der Waals surface area contributed by atoms with Crippen molar-refractivity contribution in [3.8, 4) is 0 Å². The van der Waals surface area contributed by atoms with Crippen molar-refractivity contribution < 1.29 is 17.2 Å². The Hall–Kier alpha value is -1.10. The van der Waals surface area contributed by atoms with Crippen LogP contribution in [0.5, 0.6) is 0 Å². The van der Waals surface area contributed by atoms with Crippen molar-refractivity contribution in [2.75, 3.05) is 19.7 Å². The molecule has 1 aliphatic carbocycles. The summed E-state index contributed by atoms with van der Waals surface area (Å²) < 4.78 is 5.24. The van der Waals surface area contributed by atoms with Crippen LogP contribution in [0.1, 0.15) is 95.3 Å². The molecule has 0 aromatic carbocycles. The van der Waals surface area contributed by atoms with Crippen molar-refractivity contribution in [3.05, 3.63) is 0 Å². The molecule has 2 amide bonds. The second-order valence-electron chi connectivity index (χ2n) is 7.22. The van der Waals surface area contributed by atoms with Crippen molar-refractivity contribution in [3.63, 3.8) is 0 Å². The lowest BCUT2D eigenvalue weighted by molar-refractivity contribution is -0.127. The highest BCUT2D eigenvalue weighted by atomic mass is 16.5. The summed E-state index contributed by atoms with van der Waals surface area (Å²) in [5.41, 5.74) is -0.00928. The Labute approximate surface area is 164 Å². The van der Waals surface area contributed by atoms with Crippen molar-refractivity contribution in [2.24, 2.45) is 5.41 Å². The van der Waals surface area contributed by atoms with Crippen LogP contribution < -0.4 is 10.6 Å². The molecule has 5 nitrogen and oxygen atoms in total. The first kappa shape index (κ1) is 24.9. The molecule has 5 heteroatoms. The Morgan fingerprint density at radius 3 is 1.92 bits per heavy atom. The Morgan fingerprint density at radius 2 is 1.46 bits per heavy atom. The molecule has 26 heavy (non-hydrogen) atoms. The zero-order valence-electron chi connectivity index (χ0n) is 17.8. The number of hydrogen-bond acceptors (Lipinski definition) is 3. The molecule has 0 aromatic rings. The first-order valence-corrected chi connectivity index (χ1v) is 10.7. The quantitative estimate of drug-likeness (QED) is 0.433. The summed E-state index contributed by atoms with van der Waals surface area (Å²) in [6.07, 6.45) is 9.95. The van der Waals surface area contributed by atoms with E-state index in [1.165, 1.54) is 12.8 Å². The molecule has 1 saturated carbocycles. The summed E-state index contributed by atoms with van der Waals surface area (Å²) in [7, 11) is 0. The summed E-state index contributed by atoms with van der Waals surface area (Å²) >= 11 is 0. The fourth-order valence-electron chi connectivity index (χ4n) is 2.76. The van der Waals surface area contributed by atoms with E-state index in [9.17, 15) is 9.59 Å². The van der Waals surface area contributed by atoms with Crippen molar-refractivity contribution in [1.82, 2.24) is 10.6 Å². The molecular formula is C21H46N2O3. The molecule has 1 rings (SSSR count). The van der Waals surface area contributed by atoms with E-state index in [-0.39, 0.29) is 32.8 Å². The highest BCUT2D eigenvalue weighted by Gasteiger charge is 2.47. The van der Waals surface area contributed by atoms with Gasteiger partial charge in [-0.25, -0.2) is 0 Å². The van der Waals surface area contributed by atoms with E-state index < -0.39 is 0 Å². The fraction of sp³-hybridized carbons (Fsp3) is 0.905. The summed E-state index contributed by atoms with van der Waals surface area (Å²) in [5, 5.41) is 5.96. The van der Waals surface area contributed by atoms with Crippen LogP contribution in [-0.2, 0) is 14.3 Å². The van der Waals surface area contributed by atoms with E-state index in [1.54, 1.807) is 0 Å². The normalized spacial score (nSPS) is 14.4. The SMILES string of the molecule is CC.CCC1(C(=O)NCCCCCCCCNC(=O)COC(C)C)CC1.[HH].[HH]. The van der Waals surface area contributed by atoms with Gasteiger partial charge in [0.1, 0.15) is 6.61 Å². The predicted octanol–water partition coefficient (Wildman–Crippen LogP) is 4.69. The van der Waals surface area contributed by atoms with Gasteiger partial charge in [-0.05, 0) is 46.0 Å². The van der Waals surface area contributed by atoms with Crippen LogP contribution in [0, 0.1) is 5.41 Å². The number of nitrogens with one attached hydrogen (secondary N) is 2. The van der Waals surface area contributed by atoms with E-state index >= 15 is 0 Å². The van der Waals surface area contributed by atoms with Crippen LogP contribution >= 0.6 is 0 Å². The molecule has 0 radical (unpaired) electrons. The lowest BCUT2D eigenvalue weighted by Crippen LogP contribution is -2.32. The maximum absolute atomic E-state index is 11.9. The van der Waals surface area contributed by atoms with Crippen LogP contribution in [0.25, 0.3) is 0 Å². The highest BCUT2D eigenvalue weighted by molar-refractivity contribution is 5.85. The average Bonchev–Trinajstić information content (AvgIpc) is 3.44. The number of carbonyl (C=O) groups is 2. The molecule has 0 aromatic heterocycles. The van der Waals surface area contributed by atoms with E-state index in [1.807, 2.05) is 27.7 Å². The summed E-state index contributed by atoms with van der Waals surface area (Å²) in [5.74, 6) is 0.238. The number of carbonyl (C=O) groups excluding carboxylic acids is 2. The lowest BCUT2D eigenvalue weighted by atomic mass is 10.0. The van der Waals surface area contributed by atoms with Crippen LogP contribution in [-0.4, -0.2) is 37.6 Å².